The maximum atomic E-state index is 14.2. The Morgan fingerprint density at radius 2 is 1.68 bits per heavy atom. The van der Waals surface area contributed by atoms with Gasteiger partial charge in [-0.2, -0.15) is 0 Å². The van der Waals surface area contributed by atoms with E-state index in [0.29, 0.717) is 42.4 Å². The van der Waals surface area contributed by atoms with Crippen LogP contribution < -0.4 is 9.21 Å². The second-order valence-corrected chi connectivity index (χ2v) is 12.0. The molecule has 3 aromatic carbocycles. The highest BCUT2D eigenvalue weighted by Gasteiger charge is 2.26. The number of carbonyl (C=O) groups excluding carboxylic acids is 1. The lowest BCUT2D eigenvalue weighted by molar-refractivity contribution is 0.0751. The number of fused-ring (bicyclic) bond motifs is 1. The quantitative estimate of drug-likeness (QED) is 0.325. The summed E-state index contributed by atoms with van der Waals surface area (Å²) in [5, 5.41) is 0.827. The Balaban J connectivity index is 1.34. The van der Waals surface area contributed by atoms with Gasteiger partial charge in [-0.05, 0) is 67.8 Å². The molecule has 37 heavy (non-hydrogen) atoms. The van der Waals surface area contributed by atoms with E-state index in [2.05, 4.69) is 0 Å². The van der Waals surface area contributed by atoms with Gasteiger partial charge in [0.15, 0.2) is 0 Å². The summed E-state index contributed by atoms with van der Waals surface area (Å²) in [4.78, 5) is 17.9. The van der Waals surface area contributed by atoms with Gasteiger partial charge in [-0.25, -0.2) is 12.8 Å². The first-order valence-electron chi connectivity index (χ1n) is 12.2. The number of aryl methyl sites for hydroxylation is 1. The van der Waals surface area contributed by atoms with Crippen LogP contribution in [0.25, 0.3) is 10.1 Å². The van der Waals surface area contributed by atoms with E-state index in [9.17, 15) is 17.6 Å². The SMILES string of the molecule is CCN(c1ccc2sc(C(=O)N3CCN(c4ccccc4F)CC3)cc2c1)S(=O)(=O)c1ccc(C)cc1. The molecule has 0 radical (unpaired) electrons. The molecule has 0 bridgehead atoms. The number of thiophene rings is 1. The number of sulfonamides is 1. The lowest BCUT2D eigenvalue weighted by Gasteiger charge is -2.36. The molecule has 0 atom stereocenters. The van der Waals surface area contributed by atoms with E-state index in [-0.39, 0.29) is 23.2 Å². The zero-order valence-electron chi connectivity index (χ0n) is 20.7. The number of amides is 1. The number of halogens is 1. The van der Waals surface area contributed by atoms with Crippen molar-refractivity contribution in [3.05, 3.63) is 89.1 Å². The average molecular weight is 538 g/mol. The zero-order chi connectivity index (χ0) is 26.2. The molecule has 5 rings (SSSR count). The summed E-state index contributed by atoms with van der Waals surface area (Å²) >= 11 is 1.40. The molecule has 1 aliphatic rings. The van der Waals surface area contributed by atoms with Crippen LogP contribution in [0.3, 0.4) is 0 Å². The van der Waals surface area contributed by atoms with Gasteiger partial charge in [0.1, 0.15) is 5.82 Å². The number of anilines is 2. The van der Waals surface area contributed by atoms with Crippen LogP contribution >= 0.6 is 11.3 Å². The van der Waals surface area contributed by atoms with Crippen molar-refractivity contribution >= 4 is 48.7 Å². The lowest BCUT2D eigenvalue weighted by Crippen LogP contribution is -2.48. The van der Waals surface area contributed by atoms with Crippen molar-refractivity contribution in [3.63, 3.8) is 0 Å². The van der Waals surface area contributed by atoms with E-state index in [1.54, 1.807) is 54.3 Å². The molecule has 2 heterocycles. The third kappa shape index (κ3) is 4.93. The summed E-state index contributed by atoms with van der Waals surface area (Å²) in [6.45, 7) is 6.13. The molecule has 0 unspecified atom stereocenters. The Morgan fingerprint density at radius 1 is 0.973 bits per heavy atom. The number of carbonyl (C=O) groups is 1. The van der Waals surface area contributed by atoms with Crippen molar-refractivity contribution in [1.29, 1.82) is 0 Å². The van der Waals surface area contributed by atoms with E-state index < -0.39 is 10.0 Å². The molecule has 1 aromatic heterocycles. The predicted molar refractivity (Wildman–Crippen MR) is 148 cm³/mol. The molecule has 1 amide bonds. The Bertz CT molecular complexity index is 1540. The molecule has 9 heteroatoms. The van der Waals surface area contributed by atoms with Crippen molar-refractivity contribution in [1.82, 2.24) is 4.90 Å². The minimum Gasteiger partial charge on any atom is -0.366 e. The van der Waals surface area contributed by atoms with E-state index in [0.717, 1.165) is 15.6 Å². The van der Waals surface area contributed by atoms with Crippen LogP contribution in [0.5, 0.6) is 0 Å². The normalized spacial score (nSPS) is 14.2. The standard InChI is InChI=1S/C28H28FN3O3S2/c1-3-32(37(34,35)23-11-8-20(2)9-12-23)22-10-13-26-21(18-22)19-27(36-26)28(33)31-16-14-30(15-17-31)25-7-5-4-6-24(25)29/h4-13,18-19H,3,14-17H2,1-2H3. The molecule has 0 spiro atoms. The van der Waals surface area contributed by atoms with Gasteiger partial charge < -0.3 is 9.80 Å². The molecule has 4 aromatic rings. The van der Waals surface area contributed by atoms with Crippen LogP contribution in [0.4, 0.5) is 15.8 Å². The van der Waals surface area contributed by atoms with Gasteiger partial charge in [0.05, 0.1) is 21.1 Å². The molecule has 6 nitrogen and oxygen atoms in total. The first-order valence-corrected chi connectivity index (χ1v) is 14.5. The summed E-state index contributed by atoms with van der Waals surface area (Å²) in [5.74, 6) is -0.316. The molecule has 0 aliphatic carbocycles. The smallest absolute Gasteiger partial charge is 0.264 e. The highest BCUT2D eigenvalue weighted by molar-refractivity contribution is 7.92. The summed E-state index contributed by atoms with van der Waals surface area (Å²) in [6, 6.07) is 20.8. The molecule has 1 aliphatic heterocycles. The second-order valence-electron chi connectivity index (χ2n) is 9.05. The van der Waals surface area contributed by atoms with Crippen LogP contribution in [0, 0.1) is 12.7 Å². The van der Waals surface area contributed by atoms with Gasteiger partial charge in [-0.3, -0.25) is 9.10 Å². The maximum absolute atomic E-state index is 14.2. The highest BCUT2D eigenvalue weighted by atomic mass is 32.2. The fourth-order valence-electron chi connectivity index (χ4n) is 4.63. The Hall–Kier alpha value is -3.43. The van der Waals surface area contributed by atoms with E-state index in [4.69, 9.17) is 0 Å². The summed E-state index contributed by atoms with van der Waals surface area (Å²) in [7, 11) is -3.72. The van der Waals surface area contributed by atoms with Crippen molar-refractivity contribution in [2.24, 2.45) is 0 Å². The molecule has 1 fully saturated rings. The van der Waals surface area contributed by atoms with Gasteiger partial charge in [0.25, 0.3) is 15.9 Å². The number of benzene rings is 3. The van der Waals surface area contributed by atoms with Gasteiger partial charge in [0, 0.05) is 37.4 Å². The largest absolute Gasteiger partial charge is 0.366 e. The number of piperazine rings is 1. The summed E-state index contributed by atoms with van der Waals surface area (Å²) in [6.07, 6.45) is 0. The van der Waals surface area contributed by atoms with Crippen LogP contribution in [-0.2, 0) is 10.0 Å². The minimum atomic E-state index is -3.72. The first-order chi connectivity index (χ1) is 17.8. The van der Waals surface area contributed by atoms with Crippen LogP contribution in [-0.4, -0.2) is 51.9 Å². The molecule has 192 valence electrons. The summed E-state index contributed by atoms with van der Waals surface area (Å²) < 4.78 is 43.1. The highest BCUT2D eigenvalue weighted by Crippen LogP contribution is 2.33. The van der Waals surface area contributed by atoms with Crippen molar-refractivity contribution in [3.8, 4) is 0 Å². The van der Waals surface area contributed by atoms with Gasteiger partial charge in [-0.15, -0.1) is 11.3 Å². The van der Waals surface area contributed by atoms with Gasteiger partial charge >= 0.3 is 0 Å². The Kier molecular flexibility index (Phi) is 6.92. The lowest BCUT2D eigenvalue weighted by atomic mass is 10.2. The number of para-hydroxylation sites is 1. The fraction of sp³-hybridized carbons (Fsp3) is 0.250. The number of hydrogen-bond donors (Lipinski definition) is 0. The molecule has 0 N–H and O–H groups in total. The monoisotopic (exact) mass is 537 g/mol. The van der Waals surface area contributed by atoms with Crippen molar-refractivity contribution in [2.45, 2.75) is 18.7 Å². The molecular weight excluding hydrogens is 509 g/mol. The van der Waals surface area contributed by atoms with E-state index in [1.165, 1.54) is 21.7 Å². The maximum Gasteiger partial charge on any atom is 0.264 e. The summed E-state index contributed by atoms with van der Waals surface area (Å²) in [5.41, 5.74) is 2.11. The zero-order valence-corrected chi connectivity index (χ0v) is 22.4. The van der Waals surface area contributed by atoms with Crippen molar-refractivity contribution < 1.29 is 17.6 Å². The predicted octanol–water partition coefficient (Wildman–Crippen LogP) is 5.53. The Morgan fingerprint density at radius 3 is 2.35 bits per heavy atom. The first kappa shape index (κ1) is 25.2. The third-order valence-corrected chi connectivity index (χ3v) is 9.68. The number of nitrogens with zero attached hydrogens (tertiary/aromatic N) is 3. The van der Waals surface area contributed by atoms with Gasteiger partial charge in [0.2, 0.25) is 0 Å². The van der Waals surface area contributed by atoms with Crippen LogP contribution in [0.2, 0.25) is 0 Å². The molecular formula is C28H28FN3O3S2. The van der Waals surface area contributed by atoms with Crippen LogP contribution in [0.15, 0.2) is 77.7 Å². The van der Waals surface area contributed by atoms with E-state index >= 15 is 0 Å². The van der Waals surface area contributed by atoms with Gasteiger partial charge in [-0.1, -0.05) is 29.8 Å². The third-order valence-electron chi connectivity index (χ3n) is 6.65. The topological polar surface area (TPSA) is 60.9 Å². The van der Waals surface area contributed by atoms with E-state index in [1.807, 2.05) is 36.1 Å². The second kappa shape index (κ2) is 10.1. The van der Waals surface area contributed by atoms with Crippen molar-refractivity contribution in [2.75, 3.05) is 41.9 Å². The minimum absolute atomic E-state index is 0.0597. The average Bonchev–Trinajstić information content (AvgIpc) is 3.33. The number of hydrogen-bond acceptors (Lipinski definition) is 5. The fourth-order valence-corrected chi connectivity index (χ4v) is 7.11. The molecule has 1 saturated heterocycles. The van der Waals surface area contributed by atoms with Crippen LogP contribution in [0.1, 0.15) is 22.2 Å². The Labute approximate surface area is 220 Å². The molecule has 0 saturated carbocycles. The number of rotatable bonds is 6.